The Morgan fingerprint density at radius 3 is 2.52 bits per heavy atom. The number of nitro groups is 1. The zero-order valence-electron chi connectivity index (χ0n) is 12.2. The van der Waals surface area contributed by atoms with Gasteiger partial charge in [-0.15, -0.1) is 0 Å². The van der Waals surface area contributed by atoms with Crippen LogP contribution in [0.25, 0.3) is 0 Å². The van der Waals surface area contributed by atoms with Crippen LogP contribution in [0, 0.1) is 10.1 Å². The van der Waals surface area contributed by atoms with E-state index >= 15 is 0 Å². The number of nitrogens with one attached hydrogen (secondary N) is 1. The lowest BCUT2D eigenvalue weighted by atomic mass is 9.96. The van der Waals surface area contributed by atoms with Crippen molar-refractivity contribution < 1.29 is 9.72 Å². The van der Waals surface area contributed by atoms with E-state index in [9.17, 15) is 14.9 Å². The van der Waals surface area contributed by atoms with Gasteiger partial charge < -0.3 is 10.3 Å². The second-order valence-electron chi connectivity index (χ2n) is 5.47. The van der Waals surface area contributed by atoms with Gasteiger partial charge in [0.05, 0.1) is 16.2 Å². The second-order valence-corrected chi connectivity index (χ2v) is 5.47. The fourth-order valence-corrected chi connectivity index (χ4v) is 2.91. The number of likely N-dealkylation sites (tertiary alicyclic amines) is 1. The van der Waals surface area contributed by atoms with Gasteiger partial charge in [0.1, 0.15) is 0 Å². The summed E-state index contributed by atoms with van der Waals surface area (Å²) in [6.45, 7) is 4.00. The Morgan fingerprint density at radius 1 is 1.38 bits per heavy atom. The van der Waals surface area contributed by atoms with E-state index in [-0.39, 0.29) is 29.2 Å². The van der Waals surface area contributed by atoms with Gasteiger partial charge in [0.15, 0.2) is 0 Å². The molecule has 0 bridgehead atoms. The standard InChI is InChI=1S/C14H20N4O3/c1-9-4-3-5-10(2)17(9)14(19)12-8-11(18(20)21)6-7-13(12)16-15/h6-10,16H,3-5,15H2,1-2H3/t9-,10+. The Hall–Kier alpha value is -2.15. The molecule has 21 heavy (non-hydrogen) atoms. The largest absolute Gasteiger partial charge is 0.333 e. The average Bonchev–Trinajstić information content (AvgIpc) is 2.46. The highest BCUT2D eigenvalue weighted by Gasteiger charge is 2.31. The molecule has 1 heterocycles. The summed E-state index contributed by atoms with van der Waals surface area (Å²) in [5.74, 6) is 5.21. The molecule has 0 spiro atoms. The van der Waals surface area contributed by atoms with Crippen molar-refractivity contribution in [1.82, 2.24) is 4.90 Å². The van der Waals surface area contributed by atoms with Gasteiger partial charge in [-0.2, -0.15) is 0 Å². The Bertz CT molecular complexity index is 551. The summed E-state index contributed by atoms with van der Waals surface area (Å²) >= 11 is 0. The molecule has 1 saturated heterocycles. The topological polar surface area (TPSA) is 102 Å². The third kappa shape index (κ3) is 2.97. The minimum atomic E-state index is -0.514. The molecule has 7 heteroatoms. The molecule has 0 aliphatic carbocycles. The molecule has 0 aromatic heterocycles. The highest BCUT2D eigenvalue weighted by Crippen LogP contribution is 2.28. The van der Waals surface area contributed by atoms with Gasteiger partial charge in [0.2, 0.25) is 0 Å². The Balaban J connectivity index is 2.41. The molecule has 2 atom stereocenters. The first-order valence-corrected chi connectivity index (χ1v) is 7.03. The van der Waals surface area contributed by atoms with Crippen LogP contribution >= 0.6 is 0 Å². The summed E-state index contributed by atoms with van der Waals surface area (Å²) in [6, 6.07) is 4.31. The number of piperidine rings is 1. The first kappa shape index (κ1) is 15.2. The minimum Gasteiger partial charge on any atom is -0.333 e. The highest BCUT2D eigenvalue weighted by molar-refractivity contribution is 6.00. The van der Waals surface area contributed by atoms with Crippen LogP contribution in [0.15, 0.2) is 18.2 Å². The van der Waals surface area contributed by atoms with Gasteiger partial charge in [-0.3, -0.25) is 20.8 Å². The van der Waals surface area contributed by atoms with Crippen molar-refractivity contribution >= 4 is 17.3 Å². The number of hydrazine groups is 1. The summed E-state index contributed by atoms with van der Waals surface area (Å²) in [6.07, 6.45) is 2.97. The summed E-state index contributed by atoms with van der Waals surface area (Å²) in [7, 11) is 0. The van der Waals surface area contributed by atoms with Gasteiger partial charge in [-0.1, -0.05) is 0 Å². The first-order valence-electron chi connectivity index (χ1n) is 7.03. The van der Waals surface area contributed by atoms with Crippen molar-refractivity contribution in [2.75, 3.05) is 5.43 Å². The second kappa shape index (κ2) is 6.09. The third-order valence-electron chi connectivity index (χ3n) is 4.03. The molecule has 0 unspecified atom stereocenters. The Labute approximate surface area is 123 Å². The van der Waals surface area contributed by atoms with Crippen molar-refractivity contribution in [2.24, 2.45) is 5.84 Å². The lowest BCUT2D eigenvalue weighted by molar-refractivity contribution is -0.384. The predicted molar refractivity (Wildman–Crippen MR) is 79.9 cm³/mol. The number of carbonyl (C=O) groups is 1. The number of carbonyl (C=O) groups excluding carboxylic acids is 1. The van der Waals surface area contributed by atoms with Crippen LogP contribution < -0.4 is 11.3 Å². The predicted octanol–water partition coefficient (Wildman–Crippen LogP) is 2.28. The summed E-state index contributed by atoms with van der Waals surface area (Å²) < 4.78 is 0. The van der Waals surface area contributed by atoms with E-state index in [0.717, 1.165) is 19.3 Å². The van der Waals surface area contributed by atoms with Crippen molar-refractivity contribution in [3.8, 4) is 0 Å². The van der Waals surface area contributed by atoms with E-state index in [0.29, 0.717) is 5.69 Å². The number of anilines is 1. The maximum absolute atomic E-state index is 12.8. The van der Waals surface area contributed by atoms with Crippen LogP contribution in [-0.2, 0) is 0 Å². The van der Waals surface area contributed by atoms with Gasteiger partial charge in [-0.05, 0) is 39.2 Å². The molecule has 1 aliphatic rings. The van der Waals surface area contributed by atoms with E-state index in [1.807, 2.05) is 13.8 Å². The molecule has 2 rings (SSSR count). The summed E-state index contributed by atoms with van der Waals surface area (Å²) in [5, 5.41) is 10.9. The van der Waals surface area contributed by atoms with E-state index < -0.39 is 4.92 Å². The van der Waals surface area contributed by atoms with Crippen molar-refractivity contribution in [2.45, 2.75) is 45.2 Å². The molecule has 114 valence electrons. The quantitative estimate of drug-likeness (QED) is 0.505. The van der Waals surface area contributed by atoms with Crippen LogP contribution in [-0.4, -0.2) is 27.8 Å². The molecule has 0 saturated carbocycles. The van der Waals surface area contributed by atoms with Gasteiger partial charge in [0, 0.05) is 24.2 Å². The molecule has 0 radical (unpaired) electrons. The number of hydrogen-bond acceptors (Lipinski definition) is 5. The molecule has 3 N–H and O–H groups in total. The average molecular weight is 292 g/mol. The fourth-order valence-electron chi connectivity index (χ4n) is 2.91. The molecular weight excluding hydrogens is 272 g/mol. The van der Waals surface area contributed by atoms with E-state index in [1.54, 1.807) is 4.90 Å². The number of amides is 1. The van der Waals surface area contributed by atoms with Crippen LogP contribution in [0.4, 0.5) is 11.4 Å². The number of nitrogens with zero attached hydrogens (tertiary/aromatic N) is 2. The van der Waals surface area contributed by atoms with Gasteiger partial charge in [-0.25, -0.2) is 0 Å². The molecule has 7 nitrogen and oxygen atoms in total. The minimum absolute atomic E-state index is 0.116. The molecule has 1 amide bonds. The van der Waals surface area contributed by atoms with Crippen LogP contribution in [0.5, 0.6) is 0 Å². The van der Waals surface area contributed by atoms with Gasteiger partial charge >= 0.3 is 0 Å². The zero-order valence-corrected chi connectivity index (χ0v) is 12.2. The fraction of sp³-hybridized carbons (Fsp3) is 0.500. The lowest BCUT2D eigenvalue weighted by Gasteiger charge is -2.39. The number of rotatable bonds is 3. The number of hydrogen-bond donors (Lipinski definition) is 2. The zero-order chi connectivity index (χ0) is 15.6. The molecule has 1 fully saturated rings. The number of non-ortho nitro benzene ring substituents is 1. The highest BCUT2D eigenvalue weighted by atomic mass is 16.6. The lowest BCUT2D eigenvalue weighted by Crippen LogP contribution is -2.47. The van der Waals surface area contributed by atoms with Crippen LogP contribution in [0.3, 0.4) is 0 Å². The van der Waals surface area contributed by atoms with E-state index in [2.05, 4.69) is 5.43 Å². The molecule has 1 aromatic rings. The normalized spacial score (nSPS) is 22.0. The summed E-state index contributed by atoms with van der Waals surface area (Å²) in [4.78, 5) is 25.0. The van der Waals surface area contributed by atoms with Crippen molar-refractivity contribution in [1.29, 1.82) is 0 Å². The maximum Gasteiger partial charge on any atom is 0.270 e. The maximum atomic E-state index is 12.8. The summed E-state index contributed by atoms with van der Waals surface area (Å²) in [5.41, 5.74) is 2.97. The van der Waals surface area contributed by atoms with Crippen molar-refractivity contribution in [3.63, 3.8) is 0 Å². The Morgan fingerprint density at radius 2 is 2.00 bits per heavy atom. The van der Waals surface area contributed by atoms with E-state index in [4.69, 9.17) is 5.84 Å². The molecule has 1 aromatic carbocycles. The SMILES string of the molecule is C[C@@H]1CCC[C@H](C)N1C(=O)c1cc([N+](=O)[O-])ccc1NN. The van der Waals surface area contributed by atoms with E-state index in [1.165, 1.54) is 18.2 Å². The number of nitro benzene ring substituents is 1. The van der Waals surface area contributed by atoms with Crippen LogP contribution in [0.2, 0.25) is 0 Å². The molecular formula is C14H20N4O3. The Kier molecular flexibility index (Phi) is 4.42. The first-order chi connectivity index (χ1) is 9.95. The smallest absolute Gasteiger partial charge is 0.270 e. The number of nitrogen functional groups attached to an aromatic ring is 1. The number of nitrogens with two attached hydrogens (primary N) is 1. The monoisotopic (exact) mass is 292 g/mol. The van der Waals surface area contributed by atoms with Gasteiger partial charge in [0.25, 0.3) is 11.6 Å². The number of benzene rings is 1. The third-order valence-corrected chi connectivity index (χ3v) is 4.03. The molecule has 1 aliphatic heterocycles. The van der Waals surface area contributed by atoms with Crippen molar-refractivity contribution in [3.05, 3.63) is 33.9 Å². The van der Waals surface area contributed by atoms with Crippen LogP contribution in [0.1, 0.15) is 43.5 Å².